The van der Waals surface area contributed by atoms with Crippen LogP contribution in [-0.2, 0) is 4.74 Å². The topological polar surface area (TPSA) is 55.5 Å². The molecule has 2 unspecified atom stereocenters. The van der Waals surface area contributed by atoms with Crippen LogP contribution in [0.5, 0.6) is 0 Å². The van der Waals surface area contributed by atoms with Crippen LogP contribution in [0.25, 0.3) is 0 Å². The van der Waals surface area contributed by atoms with Crippen LogP contribution in [0, 0.1) is 5.92 Å². The number of ether oxygens (including phenoxy) is 1. The smallest absolute Gasteiger partial charge is 0.0647 e. The number of nitrogens with two attached hydrogens (primary N) is 1. The van der Waals surface area contributed by atoms with Gasteiger partial charge in [0.25, 0.3) is 0 Å². The largest absolute Gasteiger partial charge is 0.393 e. The van der Waals surface area contributed by atoms with Gasteiger partial charge in [-0.05, 0) is 26.3 Å². The molecule has 0 heterocycles. The van der Waals surface area contributed by atoms with Gasteiger partial charge in [-0.3, -0.25) is 0 Å². The van der Waals surface area contributed by atoms with Crippen LogP contribution in [0.15, 0.2) is 0 Å². The van der Waals surface area contributed by atoms with Gasteiger partial charge in [-0.2, -0.15) is 0 Å². The normalized spacial score (nSPS) is 17.5. The molecule has 3 nitrogen and oxygen atoms in total. The average Bonchev–Trinajstić information content (AvgIpc) is 2.02. The second-order valence-electron chi connectivity index (χ2n) is 3.95. The lowest BCUT2D eigenvalue weighted by Crippen LogP contribution is -2.34. The molecular formula is C9H21NO2. The Balaban J connectivity index is 3.90. The second kappa shape index (κ2) is 4.80. The Morgan fingerprint density at radius 1 is 1.50 bits per heavy atom. The maximum absolute atomic E-state index is 9.62. The molecule has 0 bridgehead atoms. The van der Waals surface area contributed by atoms with Gasteiger partial charge in [0.15, 0.2) is 0 Å². The summed E-state index contributed by atoms with van der Waals surface area (Å²) in [5, 5.41) is 9.62. The highest BCUT2D eigenvalue weighted by Gasteiger charge is 2.24. The summed E-state index contributed by atoms with van der Waals surface area (Å²) in [5.41, 5.74) is 5.17. The summed E-state index contributed by atoms with van der Waals surface area (Å²) in [7, 11) is 1.65. The van der Waals surface area contributed by atoms with Crippen LogP contribution in [0.3, 0.4) is 0 Å². The van der Waals surface area contributed by atoms with Crippen molar-refractivity contribution in [2.45, 2.75) is 38.9 Å². The lowest BCUT2D eigenvalue weighted by atomic mass is 9.93. The van der Waals surface area contributed by atoms with Crippen molar-refractivity contribution < 1.29 is 9.84 Å². The molecular weight excluding hydrogens is 154 g/mol. The third-order valence-electron chi connectivity index (χ3n) is 2.28. The zero-order chi connectivity index (χ0) is 9.78. The lowest BCUT2D eigenvalue weighted by Gasteiger charge is -2.28. The second-order valence-corrected chi connectivity index (χ2v) is 3.95. The van der Waals surface area contributed by atoms with E-state index in [1.807, 2.05) is 20.8 Å². The first-order chi connectivity index (χ1) is 5.43. The SMILES string of the molecule is COC(C)(C)CC(O)C(C)CN. The van der Waals surface area contributed by atoms with Crippen LogP contribution >= 0.6 is 0 Å². The summed E-state index contributed by atoms with van der Waals surface area (Å²) in [4.78, 5) is 0. The Morgan fingerprint density at radius 3 is 2.33 bits per heavy atom. The molecule has 3 heteroatoms. The fourth-order valence-electron chi connectivity index (χ4n) is 0.945. The number of methoxy groups -OCH3 is 1. The number of aliphatic hydroxyl groups is 1. The first-order valence-corrected chi connectivity index (χ1v) is 4.36. The molecule has 74 valence electrons. The summed E-state index contributed by atoms with van der Waals surface area (Å²) in [5.74, 6) is 0.138. The predicted molar refractivity (Wildman–Crippen MR) is 49.9 cm³/mol. The van der Waals surface area contributed by atoms with Crippen LogP contribution in [0.2, 0.25) is 0 Å². The van der Waals surface area contributed by atoms with Crippen molar-refractivity contribution in [1.29, 1.82) is 0 Å². The summed E-state index contributed by atoms with van der Waals surface area (Å²) in [6.07, 6.45) is 0.256. The molecule has 2 atom stereocenters. The Morgan fingerprint density at radius 2 is 2.00 bits per heavy atom. The van der Waals surface area contributed by atoms with Crippen molar-refractivity contribution in [2.24, 2.45) is 11.7 Å². The Bertz CT molecular complexity index is 126. The quantitative estimate of drug-likeness (QED) is 0.648. The van der Waals surface area contributed by atoms with Gasteiger partial charge in [0.1, 0.15) is 0 Å². The molecule has 12 heavy (non-hydrogen) atoms. The molecule has 0 radical (unpaired) electrons. The molecule has 0 aromatic carbocycles. The van der Waals surface area contributed by atoms with Crippen LogP contribution in [0.4, 0.5) is 0 Å². The van der Waals surface area contributed by atoms with E-state index in [1.54, 1.807) is 7.11 Å². The van der Waals surface area contributed by atoms with E-state index >= 15 is 0 Å². The predicted octanol–water partition coefficient (Wildman–Crippen LogP) is 0.757. The van der Waals surface area contributed by atoms with Crippen LogP contribution < -0.4 is 5.73 Å². The fraction of sp³-hybridized carbons (Fsp3) is 1.00. The highest BCUT2D eigenvalue weighted by atomic mass is 16.5. The van der Waals surface area contributed by atoms with E-state index in [2.05, 4.69) is 0 Å². The minimum Gasteiger partial charge on any atom is -0.393 e. The minimum absolute atomic E-state index is 0.138. The van der Waals surface area contributed by atoms with E-state index in [4.69, 9.17) is 10.5 Å². The zero-order valence-corrected chi connectivity index (χ0v) is 8.50. The van der Waals surface area contributed by atoms with E-state index in [1.165, 1.54) is 0 Å². The van der Waals surface area contributed by atoms with Crippen molar-refractivity contribution in [1.82, 2.24) is 0 Å². The first kappa shape index (κ1) is 11.9. The molecule has 3 N–H and O–H groups in total. The summed E-state index contributed by atoms with van der Waals surface area (Å²) >= 11 is 0. The van der Waals surface area contributed by atoms with Gasteiger partial charge in [-0.1, -0.05) is 6.92 Å². The van der Waals surface area contributed by atoms with Gasteiger partial charge in [0.05, 0.1) is 11.7 Å². The van der Waals surface area contributed by atoms with E-state index in [-0.39, 0.29) is 17.6 Å². The Hall–Kier alpha value is -0.120. The van der Waals surface area contributed by atoms with Gasteiger partial charge < -0.3 is 15.6 Å². The Kier molecular flexibility index (Phi) is 4.75. The zero-order valence-electron chi connectivity index (χ0n) is 8.50. The molecule has 0 fully saturated rings. The molecule has 0 aliphatic heterocycles. The number of hydrogen-bond donors (Lipinski definition) is 2. The molecule has 0 rings (SSSR count). The van der Waals surface area contributed by atoms with Crippen molar-refractivity contribution in [3.05, 3.63) is 0 Å². The maximum atomic E-state index is 9.62. The van der Waals surface area contributed by atoms with Crippen molar-refractivity contribution in [3.63, 3.8) is 0 Å². The first-order valence-electron chi connectivity index (χ1n) is 4.36. The van der Waals surface area contributed by atoms with Crippen LogP contribution in [-0.4, -0.2) is 30.5 Å². The average molecular weight is 175 g/mol. The van der Waals surface area contributed by atoms with Gasteiger partial charge in [0.2, 0.25) is 0 Å². The van der Waals surface area contributed by atoms with Gasteiger partial charge in [-0.15, -0.1) is 0 Å². The third-order valence-corrected chi connectivity index (χ3v) is 2.28. The maximum Gasteiger partial charge on any atom is 0.0647 e. The van der Waals surface area contributed by atoms with Gasteiger partial charge >= 0.3 is 0 Å². The standard InChI is InChI=1S/C9H21NO2/c1-7(6-10)8(11)5-9(2,3)12-4/h7-8,11H,5-6,10H2,1-4H3. The molecule has 0 spiro atoms. The van der Waals surface area contributed by atoms with Crippen molar-refractivity contribution in [3.8, 4) is 0 Å². The summed E-state index contributed by atoms with van der Waals surface area (Å²) in [6, 6.07) is 0. The fourth-order valence-corrected chi connectivity index (χ4v) is 0.945. The molecule has 0 saturated heterocycles. The van der Waals surface area contributed by atoms with Crippen LogP contribution in [0.1, 0.15) is 27.2 Å². The van der Waals surface area contributed by atoms with Crippen molar-refractivity contribution in [2.75, 3.05) is 13.7 Å². The monoisotopic (exact) mass is 175 g/mol. The summed E-state index contributed by atoms with van der Waals surface area (Å²) < 4.78 is 5.20. The molecule has 0 aliphatic carbocycles. The van der Waals surface area contributed by atoms with E-state index in [9.17, 15) is 5.11 Å². The van der Waals surface area contributed by atoms with Gasteiger partial charge in [-0.25, -0.2) is 0 Å². The molecule has 0 amide bonds. The van der Waals surface area contributed by atoms with E-state index < -0.39 is 0 Å². The highest BCUT2D eigenvalue weighted by Crippen LogP contribution is 2.19. The van der Waals surface area contributed by atoms with Gasteiger partial charge in [0, 0.05) is 13.5 Å². The molecule has 0 aliphatic rings. The Labute approximate surface area is 74.9 Å². The van der Waals surface area contributed by atoms with E-state index in [0.717, 1.165) is 0 Å². The molecule has 0 saturated carbocycles. The number of aliphatic hydroxyl groups excluding tert-OH is 1. The van der Waals surface area contributed by atoms with E-state index in [0.29, 0.717) is 13.0 Å². The highest BCUT2D eigenvalue weighted by molar-refractivity contribution is 4.76. The number of hydrogen-bond acceptors (Lipinski definition) is 3. The third kappa shape index (κ3) is 4.04. The van der Waals surface area contributed by atoms with Crippen molar-refractivity contribution >= 4 is 0 Å². The molecule has 0 aromatic heterocycles. The number of rotatable bonds is 5. The molecule has 0 aromatic rings. The summed E-state index contributed by atoms with van der Waals surface area (Å²) in [6.45, 7) is 6.37. The minimum atomic E-state index is -0.370. The lowest BCUT2D eigenvalue weighted by molar-refractivity contribution is -0.0311.